The van der Waals surface area contributed by atoms with Crippen LogP contribution < -0.4 is 10.6 Å². The van der Waals surface area contributed by atoms with Gasteiger partial charge in [-0.15, -0.1) is 0 Å². The van der Waals surface area contributed by atoms with E-state index < -0.39 is 41.9 Å². The lowest BCUT2D eigenvalue weighted by Crippen LogP contribution is -2.54. The molecule has 0 aliphatic carbocycles. The molecule has 0 aromatic heterocycles. The van der Waals surface area contributed by atoms with Crippen LogP contribution in [0.4, 0.5) is 0 Å². The van der Waals surface area contributed by atoms with Crippen molar-refractivity contribution in [3.8, 4) is 0 Å². The summed E-state index contributed by atoms with van der Waals surface area (Å²) in [5.41, 5.74) is 0. The van der Waals surface area contributed by atoms with Crippen molar-refractivity contribution < 1.29 is 29.4 Å². The Bertz CT molecular complexity index is 467. The molecule has 0 saturated carbocycles. The van der Waals surface area contributed by atoms with Crippen molar-refractivity contribution in [3.05, 3.63) is 0 Å². The standard InChI is InChI=1S/C13H21N3O6/c1-7(13(21)22)15-11(19)9-4-3-5-16(9)12(20)8(14-2)6-10(17)18/h7-9,14H,3-6H2,1-2H3,(H,15,19)(H,17,18)(H,21,22)/t7?,8-,9-/m0/s1. The van der Waals surface area contributed by atoms with Gasteiger partial charge in [-0.2, -0.15) is 0 Å². The van der Waals surface area contributed by atoms with Crippen LogP contribution in [0, 0.1) is 0 Å². The van der Waals surface area contributed by atoms with E-state index in [1.807, 2.05) is 0 Å². The van der Waals surface area contributed by atoms with Crippen molar-refractivity contribution in [1.82, 2.24) is 15.5 Å². The molecular formula is C13H21N3O6. The van der Waals surface area contributed by atoms with Gasteiger partial charge in [0, 0.05) is 6.54 Å². The molecule has 2 amide bonds. The zero-order chi connectivity index (χ0) is 16.9. The maximum Gasteiger partial charge on any atom is 0.325 e. The molecule has 1 aliphatic rings. The van der Waals surface area contributed by atoms with E-state index in [0.29, 0.717) is 19.4 Å². The smallest absolute Gasteiger partial charge is 0.325 e. The number of likely N-dealkylation sites (tertiary alicyclic amines) is 1. The number of hydrogen-bond donors (Lipinski definition) is 4. The summed E-state index contributed by atoms with van der Waals surface area (Å²) in [5, 5.41) is 22.6. The molecule has 0 radical (unpaired) electrons. The third kappa shape index (κ3) is 4.42. The van der Waals surface area contributed by atoms with Crippen LogP contribution in [0.15, 0.2) is 0 Å². The largest absolute Gasteiger partial charge is 0.481 e. The molecule has 1 unspecified atom stereocenters. The average molecular weight is 315 g/mol. The minimum atomic E-state index is -1.16. The summed E-state index contributed by atoms with van der Waals surface area (Å²) < 4.78 is 0. The van der Waals surface area contributed by atoms with E-state index in [1.54, 1.807) is 0 Å². The summed E-state index contributed by atoms with van der Waals surface area (Å²) in [5.74, 6) is -3.29. The molecule has 1 rings (SSSR count). The van der Waals surface area contributed by atoms with Crippen LogP contribution in [0.2, 0.25) is 0 Å². The fraction of sp³-hybridized carbons (Fsp3) is 0.692. The number of carbonyl (C=O) groups excluding carboxylic acids is 2. The zero-order valence-corrected chi connectivity index (χ0v) is 12.5. The maximum absolute atomic E-state index is 12.4. The highest BCUT2D eigenvalue weighted by Crippen LogP contribution is 2.19. The predicted molar refractivity (Wildman–Crippen MR) is 75.1 cm³/mol. The fourth-order valence-corrected chi connectivity index (χ4v) is 2.36. The first kappa shape index (κ1) is 17.9. The van der Waals surface area contributed by atoms with Gasteiger partial charge in [0.15, 0.2) is 0 Å². The second kappa shape index (κ2) is 7.74. The Morgan fingerprint density at radius 2 is 1.91 bits per heavy atom. The van der Waals surface area contributed by atoms with E-state index >= 15 is 0 Å². The Labute approximate surface area is 127 Å². The van der Waals surface area contributed by atoms with Crippen molar-refractivity contribution in [2.24, 2.45) is 0 Å². The third-order valence-corrected chi connectivity index (χ3v) is 3.59. The first-order valence-electron chi connectivity index (χ1n) is 7.00. The van der Waals surface area contributed by atoms with Crippen molar-refractivity contribution >= 4 is 23.8 Å². The van der Waals surface area contributed by atoms with Crippen LogP contribution in [0.5, 0.6) is 0 Å². The molecule has 9 heteroatoms. The first-order chi connectivity index (χ1) is 10.3. The number of aliphatic carboxylic acids is 2. The molecule has 1 aliphatic heterocycles. The molecular weight excluding hydrogens is 294 g/mol. The Morgan fingerprint density at radius 1 is 1.27 bits per heavy atom. The molecule has 3 atom stereocenters. The summed E-state index contributed by atoms with van der Waals surface area (Å²) >= 11 is 0. The van der Waals surface area contributed by atoms with Crippen LogP contribution in [0.3, 0.4) is 0 Å². The average Bonchev–Trinajstić information content (AvgIpc) is 2.92. The van der Waals surface area contributed by atoms with Crippen LogP contribution in [0.25, 0.3) is 0 Å². The highest BCUT2D eigenvalue weighted by Gasteiger charge is 2.37. The summed E-state index contributed by atoms with van der Waals surface area (Å²) in [6.45, 7) is 1.68. The van der Waals surface area contributed by atoms with Gasteiger partial charge in [-0.1, -0.05) is 0 Å². The van der Waals surface area contributed by atoms with Gasteiger partial charge in [0.25, 0.3) is 0 Å². The summed E-state index contributed by atoms with van der Waals surface area (Å²) in [7, 11) is 1.48. The van der Waals surface area contributed by atoms with Gasteiger partial charge in [-0.25, -0.2) is 0 Å². The molecule has 0 bridgehead atoms. The van der Waals surface area contributed by atoms with Crippen molar-refractivity contribution in [1.29, 1.82) is 0 Å². The lowest BCUT2D eigenvalue weighted by molar-refractivity contribution is -0.146. The number of carboxylic acids is 2. The van der Waals surface area contributed by atoms with E-state index in [9.17, 15) is 19.2 Å². The molecule has 1 fully saturated rings. The Morgan fingerprint density at radius 3 is 2.41 bits per heavy atom. The van der Waals surface area contributed by atoms with E-state index in [0.717, 1.165) is 0 Å². The van der Waals surface area contributed by atoms with E-state index in [4.69, 9.17) is 10.2 Å². The molecule has 1 saturated heterocycles. The minimum Gasteiger partial charge on any atom is -0.481 e. The van der Waals surface area contributed by atoms with Gasteiger partial charge in [0.05, 0.1) is 12.5 Å². The van der Waals surface area contributed by atoms with Gasteiger partial charge in [-0.3, -0.25) is 19.2 Å². The van der Waals surface area contributed by atoms with Crippen LogP contribution in [-0.4, -0.2) is 70.6 Å². The third-order valence-electron chi connectivity index (χ3n) is 3.59. The SMILES string of the molecule is CN[C@@H](CC(=O)O)C(=O)N1CCC[C@H]1C(=O)NC(C)C(=O)O. The molecule has 124 valence electrons. The lowest BCUT2D eigenvalue weighted by atomic mass is 10.1. The summed E-state index contributed by atoms with van der Waals surface area (Å²) in [6.07, 6.45) is 0.647. The van der Waals surface area contributed by atoms with E-state index in [1.165, 1.54) is 18.9 Å². The predicted octanol–water partition coefficient (Wildman–Crippen LogP) is -1.37. The van der Waals surface area contributed by atoms with E-state index in [-0.39, 0.29) is 6.42 Å². The lowest BCUT2D eigenvalue weighted by Gasteiger charge is -2.28. The Hall–Kier alpha value is -2.16. The molecule has 0 spiro atoms. The number of nitrogens with one attached hydrogen (secondary N) is 2. The second-order valence-corrected chi connectivity index (χ2v) is 5.20. The molecule has 0 aromatic carbocycles. The topological polar surface area (TPSA) is 136 Å². The molecule has 22 heavy (non-hydrogen) atoms. The number of hydrogen-bond acceptors (Lipinski definition) is 5. The number of carboxylic acid groups (broad SMARTS) is 2. The van der Waals surface area contributed by atoms with Gasteiger partial charge < -0.3 is 25.7 Å². The first-order valence-corrected chi connectivity index (χ1v) is 7.00. The number of rotatable bonds is 7. The van der Waals surface area contributed by atoms with Gasteiger partial charge in [0.2, 0.25) is 11.8 Å². The highest BCUT2D eigenvalue weighted by atomic mass is 16.4. The zero-order valence-electron chi connectivity index (χ0n) is 12.5. The molecule has 1 heterocycles. The molecule has 4 N–H and O–H groups in total. The number of nitrogens with zero attached hydrogens (tertiary/aromatic N) is 1. The Balaban J connectivity index is 2.76. The minimum absolute atomic E-state index is 0.343. The Kier molecular flexibility index (Phi) is 6.29. The molecule has 0 aromatic rings. The van der Waals surface area contributed by atoms with E-state index in [2.05, 4.69) is 10.6 Å². The van der Waals surface area contributed by atoms with Crippen molar-refractivity contribution in [2.45, 2.75) is 44.3 Å². The number of carbonyl (C=O) groups is 4. The van der Waals surface area contributed by atoms with Crippen LogP contribution in [0.1, 0.15) is 26.2 Å². The summed E-state index contributed by atoms with van der Waals surface area (Å²) in [6, 6.07) is -2.73. The fourth-order valence-electron chi connectivity index (χ4n) is 2.36. The molecule has 9 nitrogen and oxygen atoms in total. The highest BCUT2D eigenvalue weighted by molar-refractivity contribution is 5.93. The number of amides is 2. The van der Waals surface area contributed by atoms with Gasteiger partial charge in [0.1, 0.15) is 12.1 Å². The quantitative estimate of drug-likeness (QED) is 0.455. The van der Waals surface area contributed by atoms with Crippen LogP contribution in [-0.2, 0) is 19.2 Å². The summed E-state index contributed by atoms with van der Waals surface area (Å²) in [4.78, 5) is 47.3. The van der Waals surface area contributed by atoms with Gasteiger partial charge in [-0.05, 0) is 26.8 Å². The normalized spacial score (nSPS) is 20.3. The number of likely N-dealkylation sites (N-methyl/N-ethyl adjacent to an activating group) is 1. The van der Waals surface area contributed by atoms with Crippen LogP contribution >= 0.6 is 0 Å². The van der Waals surface area contributed by atoms with Gasteiger partial charge >= 0.3 is 11.9 Å². The van der Waals surface area contributed by atoms with Crippen molar-refractivity contribution in [3.63, 3.8) is 0 Å². The van der Waals surface area contributed by atoms with Crippen molar-refractivity contribution in [2.75, 3.05) is 13.6 Å². The maximum atomic E-state index is 12.4. The second-order valence-electron chi connectivity index (χ2n) is 5.20. The monoisotopic (exact) mass is 315 g/mol.